The Kier molecular flexibility index (Phi) is 8.93. The summed E-state index contributed by atoms with van der Waals surface area (Å²) >= 11 is 0. The van der Waals surface area contributed by atoms with E-state index in [1.54, 1.807) is 0 Å². The molecule has 1 aromatic heterocycles. The fourth-order valence-corrected chi connectivity index (χ4v) is 5.19. The first-order valence-electron chi connectivity index (χ1n) is 13.3. The fraction of sp³-hybridized carbons (Fsp3) is 0.419. The third-order valence-electron chi connectivity index (χ3n) is 7.22. The van der Waals surface area contributed by atoms with Gasteiger partial charge in [0.05, 0.1) is 24.5 Å². The van der Waals surface area contributed by atoms with Crippen LogP contribution < -0.4 is 5.32 Å². The molecular formula is C31H38FN3O2. The molecule has 5 nitrogen and oxygen atoms in total. The number of imidazole rings is 1. The van der Waals surface area contributed by atoms with Crippen molar-refractivity contribution in [2.45, 2.75) is 70.9 Å². The van der Waals surface area contributed by atoms with Gasteiger partial charge in [0.2, 0.25) is 0 Å². The SMILES string of the molecule is C=CCC1CCCC(c2ccc(F)cc2)N1.CCOC(=O)C1CC1c1ccc(-n2cnc(C)c2)c(C)c1. The van der Waals surface area contributed by atoms with Gasteiger partial charge in [0.25, 0.3) is 0 Å². The minimum absolute atomic E-state index is 0.0469. The number of nitrogens with one attached hydrogen (secondary N) is 1. The summed E-state index contributed by atoms with van der Waals surface area (Å²) in [7, 11) is 0. The molecule has 3 aromatic rings. The highest BCUT2D eigenvalue weighted by Crippen LogP contribution is 2.48. The van der Waals surface area contributed by atoms with E-state index in [0.717, 1.165) is 30.6 Å². The Hall–Kier alpha value is -3.25. The van der Waals surface area contributed by atoms with E-state index in [4.69, 9.17) is 4.74 Å². The van der Waals surface area contributed by atoms with Crippen LogP contribution in [0.25, 0.3) is 5.69 Å². The fourth-order valence-electron chi connectivity index (χ4n) is 5.19. The number of hydrogen-bond donors (Lipinski definition) is 1. The highest BCUT2D eigenvalue weighted by Gasteiger charge is 2.45. The minimum Gasteiger partial charge on any atom is -0.466 e. The molecular weight excluding hydrogens is 465 g/mol. The highest BCUT2D eigenvalue weighted by atomic mass is 19.1. The van der Waals surface area contributed by atoms with Crippen LogP contribution in [0.2, 0.25) is 0 Å². The van der Waals surface area contributed by atoms with Crippen molar-refractivity contribution in [3.05, 3.63) is 95.8 Å². The molecule has 1 aliphatic heterocycles. The van der Waals surface area contributed by atoms with E-state index in [0.29, 0.717) is 24.6 Å². The summed E-state index contributed by atoms with van der Waals surface area (Å²) in [6.45, 7) is 10.2. The van der Waals surface area contributed by atoms with Crippen molar-refractivity contribution in [3.8, 4) is 5.69 Å². The van der Waals surface area contributed by atoms with Crippen molar-refractivity contribution in [1.29, 1.82) is 0 Å². The van der Waals surface area contributed by atoms with Crippen LogP contribution in [0.1, 0.15) is 73.4 Å². The van der Waals surface area contributed by atoms with E-state index in [1.165, 1.54) is 41.7 Å². The number of esters is 1. The van der Waals surface area contributed by atoms with E-state index >= 15 is 0 Å². The van der Waals surface area contributed by atoms with Crippen molar-refractivity contribution < 1.29 is 13.9 Å². The number of halogens is 1. The quantitative estimate of drug-likeness (QED) is 0.287. The molecule has 0 amide bonds. The number of carbonyl (C=O) groups is 1. The van der Waals surface area contributed by atoms with Crippen LogP contribution in [0.3, 0.4) is 0 Å². The van der Waals surface area contributed by atoms with E-state index in [2.05, 4.69) is 42.0 Å². The molecule has 196 valence electrons. The summed E-state index contributed by atoms with van der Waals surface area (Å²) < 4.78 is 19.9. The summed E-state index contributed by atoms with van der Waals surface area (Å²) in [5.74, 6) is 0.142. The molecule has 4 atom stereocenters. The molecule has 4 unspecified atom stereocenters. The topological polar surface area (TPSA) is 56.1 Å². The van der Waals surface area contributed by atoms with Gasteiger partial charge < -0.3 is 14.6 Å². The second kappa shape index (κ2) is 12.3. The minimum atomic E-state index is -0.165. The van der Waals surface area contributed by atoms with Gasteiger partial charge in [-0.3, -0.25) is 4.79 Å². The van der Waals surface area contributed by atoms with E-state index in [9.17, 15) is 9.18 Å². The zero-order chi connectivity index (χ0) is 26.4. The Morgan fingerprint density at radius 2 is 1.95 bits per heavy atom. The Balaban J connectivity index is 0.000000180. The van der Waals surface area contributed by atoms with Crippen molar-refractivity contribution in [2.24, 2.45) is 5.92 Å². The predicted octanol–water partition coefficient (Wildman–Crippen LogP) is 6.74. The van der Waals surface area contributed by atoms with E-state index in [1.807, 2.05) is 49.1 Å². The Bertz CT molecular complexity index is 1200. The number of piperidine rings is 1. The maximum atomic E-state index is 12.8. The van der Waals surface area contributed by atoms with Crippen LogP contribution in [0.15, 0.2) is 67.6 Å². The van der Waals surface area contributed by atoms with Crippen molar-refractivity contribution in [1.82, 2.24) is 14.9 Å². The molecule has 1 saturated heterocycles. The smallest absolute Gasteiger partial charge is 0.309 e. The normalized spacial score (nSPS) is 22.5. The average Bonchev–Trinajstić information content (AvgIpc) is 3.59. The Morgan fingerprint density at radius 1 is 1.19 bits per heavy atom. The summed E-state index contributed by atoms with van der Waals surface area (Å²) in [6, 6.07) is 14.1. The lowest BCUT2D eigenvalue weighted by Crippen LogP contribution is -2.36. The molecule has 6 heteroatoms. The molecule has 5 rings (SSSR count). The molecule has 1 aliphatic carbocycles. The van der Waals surface area contributed by atoms with Gasteiger partial charge in [-0.05, 0) is 87.3 Å². The van der Waals surface area contributed by atoms with E-state index < -0.39 is 0 Å². The van der Waals surface area contributed by atoms with Crippen LogP contribution in [0.5, 0.6) is 0 Å². The number of benzene rings is 2. The first kappa shape index (κ1) is 26.8. The summed E-state index contributed by atoms with van der Waals surface area (Å²) in [5, 5.41) is 3.60. The van der Waals surface area contributed by atoms with Gasteiger partial charge in [-0.1, -0.05) is 36.8 Å². The molecule has 2 aromatic carbocycles. The first-order valence-corrected chi connectivity index (χ1v) is 13.3. The van der Waals surface area contributed by atoms with Crippen molar-refractivity contribution in [3.63, 3.8) is 0 Å². The molecule has 2 fully saturated rings. The average molecular weight is 504 g/mol. The second-order valence-corrected chi connectivity index (χ2v) is 10.1. The number of aromatic nitrogens is 2. The van der Waals surface area contributed by atoms with Crippen LogP contribution in [-0.2, 0) is 9.53 Å². The summed E-state index contributed by atoms with van der Waals surface area (Å²) in [6.07, 6.45) is 11.3. The van der Waals surface area contributed by atoms with Gasteiger partial charge >= 0.3 is 5.97 Å². The molecule has 2 aliphatic rings. The molecule has 1 saturated carbocycles. The predicted molar refractivity (Wildman–Crippen MR) is 145 cm³/mol. The van der Waals surface area contributed by atoms with Crippen LogP contribution >= 0.6 is 0 Å². The second-order valence-electron chi connectivity index (χ2n) is 10.1. The maximum absolute atomic E-state index is 12.8. The number of rotatable bonds is 7. The highest BCUT2D eigenvalue weighted by molar-refractivity contribution is 5.77. The lowest BCUT2D eigenvalue weighted by Gasteiger charge is -2.30. The zero-order valence-corrected chi connectivity index (χ0v) is 22.1. The van der Waals surface area contributed by atoms with Gasteiger partial charge in [-0.25, -0.2) is 9.37 Å². The van der Waals surface area contributed by atoms with Gasteiger partial charge in [0.15, 0.2) is 0 Å². The van der Waals surface area contributed by atoms with E-state index in [-0.39, 0.29) is 17.7 Å². The molecule has 2 heterocycles. The summed E-state index contributed by atoms with van der Waals surface area (Å²) in [5.41, 5.74) is 5.75. The third kappa shape index (κ3) is 6.95. The lowest BCUT2D eigenvalue weighted by atomic mass is 9.92. The van der Waals surface area contributed by atoms with Gasteiger partial charge in [-0.2, -0.15) is 0 Å². The van der Waals surface area contributed by atoms with Gasteiger partial charge in [0, 0.05) is 24.0 Å². The lowest BCUT2D eigenvalue weighted by molar-refractivity contribution is -0.144. The Morgan fingerprint density at radius 3 is 2.59 bits per heavy atom. The molecule has 37 heavy (non-hydrogen) atoms. The van der Waals surface area contributed by atoms with Crippen molar-refractivity contribution >= 4 is 5.97 Å². The van der Waals surface area contributed by atoms with Crippen LogP contribution in [0, 0.1) is 25.6 Å². The van der Waals surface area contributed by atoms with Crippen LogP contribution in [-0.4, -0.2) is 28.2 Å². The monoisotopic (exact) mass is 503 g/mol. The number of ether oxygens (including phenoxy) is 1. The third-order valence-corrected chi connectivity index (χ3v) is 7.22. The zero-order valence-electron chi connectivity index (χ0n) is 22.1. The molecule has 1 N–H and O–H groups in total. The maximum Gasteiger partial charge on any atom is 0.309 e. The van der Waals surface area contributed by atoms with Gasteiger partial charge in [0.1, 0.15) is 5.82 Å². The number of carbonyl (C=O) groups excluding carboxylic acids is 1. The standard InChI is InChI=1S/C17H20N2O2.C14H18FN/c1-4-21-17(20)15-8-14(15)13-5-6-16(11(2)7-13)19-9-12(3)18-10-19;1-2-4-13-5-3-6-14(16-13)11-7-9-12(15)10-8-11/h5-7,9-10,14-15H,4,8H2,1-3H3;2,7-10,13-14,16H,1,3-6H2. The molecule has 0 spiro atoms. The van der Waals surface area contributed by atoms with Crippen molar-refractivity contribution in [2.75, 3.05) is 6.61 Å². The van der Waals surface area contributed by atoms with Gasteiger partial charge in [-0.15, -0.1) is 6.58 Å². The van der Waals surface area contributed by atoms with Crippen LogP contribution in [0.4, 0.5) is 4.39 Å². The Labute approximate surface area is 219 Å². The number of hydrogen-bond acceptors (Lipinski definition) is 4. The number of nitrogens with zero attached hydrogens (tertiary/aromatic N) is 2. The largest absolute Gasteiger partial charge is 0.466 e. The number of aryl methyl sites for hydroxylation is 2. The first-order chi connectivity index (χ1) is 17.9. The molecule has 0 bridgehead atoms. The molecule has 0 radical (unpaired) electrons. The summed E-state index contributed by atoms with van der Waals surface area (Å²) in [4.78, 5) is 16.0.